The van der Waals surface area contributed by atoms with Crippen molar-refractivity contribution in [2.45, 2.75) is 58.5 Å². The molecule has 0 aromatic carbocycles. The maximum absolute atomic E-state index is 5.43. The van der Waals surface area contributed by atoms with Gasteiger partial charge >= 0.3 is 8.56 Å². The van der Waals surface area contributed by atoms with E-state index in [-0.39, 0.29) is 10.1 Å². The van der Waals surface area contributed by atoms with E-state index in [0.29, 0.717) is 5.92 Å². The highest BCUT2D eigenvalue weighted by molar-refractivity contribution is 6.78. The molecule has 0 saturated carbocycles. The lowest BCUT2D eigenvalue weighted by Gasteiger charge is -2.36. The Bertz CT molecular complexity index is 199. The topological polar surface area (TPSA) is 25.1 Å². The standard InChI is InChI=1S/C10H22O2Si/c1-8(2)10(6,7)13(11-12-13)9(3,4)5/h8H,1-7H3. The van der Waals surface area contributed by atoms with Crippen molar-refractivity contribution in [2.24, 2.45) is 5.92 Å². The van der Waals surface area contributed by atoms with Crippen molar-refractivity contribution in [1.29, 1.82) is 0 Å². The number of hydrogen-bond donors (Lipinski definition) is 0. The van der Waals surface area contributed by atoms with E-state index >= 15 is 0 Å². The first kappa shape index (κ1) is 11.2. The first-order valence-electron chi connectivity index (χ1n) is 5.02. The predicted octanol–water partition coefficient (Wildman–Crippen LogP) is 3.63. The molecule has 0 unspecified atom stereocenters. The Morgan fingerprint density at radius 2 is 1.31 bits per heavy atom. The normalized spacial score (nSPS) is 22.2. The number of rotatable bonds is 2. The fourth-order valence-electron chi connectivity index (χ4n) is 1.85. The Labute approximate surface area is 82.8 Å². The van der Waals surface area contributed by atoms with E-state index in [1.54, 1.807) is 0 Å². The van der Waals surface area contributed by atoms with Crippen molar-refractivity contribution in [3.8, 4) is 0 Å². The predicted molar refractivity (Wildman–Crippen MR) is 56.5 cm³/mol. The van der Waals surface area contributed by atoms with Crippen LogP contribution in [0.15, 0.2) is 0 Å². The van der Waals surface area contributed by atoms with E-state index in [1.165, 1.54) is 0 Å². The summed E-state index contributed by atoms with van der Waals surface area (Å²) in [6.07, 6.45) is 0. The van der Waals surface area contributed by atoms with Crippen molar-refractivity contribution in [2.75, 3.05) is 0 Å². The molecule has 1 heterocycles. The van der Waals surface area contributed by atoms with Crippen LogP contribution in [0.5, 0.6) is 0 Å². The van der Waals surface area contributed by atoms with Gasteiger partial charge in [0.15, 0.2) is 0 Å². The van der Waals surface area contributed by atoms with Gasteiger partial charge in [0, 0.05) is 10.1 Å². The highest BCUT2D eigenvalue weighted by atomic mass is 28.4. The fraction of sp³-hybridized carbons (Fsp3) is 1.00. The zero-order valence-electron chi connectivity index (χ0n) is 9.89. The van der Waals surface area contributed by atoms with Crippen LogP contribution in [-0.4, -0.2) is 8.56 Å². The summed E-state index contributed by atoms with van der Waals surface area (Å²) in [5, 5.41) is 0.353. The van der Waals surface area contributed by atoms with Gasteiger partial charge in [-0.2, -0.15) is 0 Å². The van der Waals surface area contributed by atoms with E-state index in [0.717, 1.165) is 0 Å². The van der Waals surface area contributed by atoms with Gasteiger partial charge in [-0.3, -0.25) is 9.15 Å². The van der Waals surface area contributed by atoms with E-state index in [2.05, 4.69) is 48.5 Å². The van der Waals surface area contributed by atoms with Crippen LogP contribution >= 0.6 is 0 Å². The van der Waals surface area contributed by atoms with Gasteiger partial charge in [0.2, 0.25) is 0 Å². The summed E-state index contributed by atoms with van der Waals surface area (Å²) >= 11 is 0. The summed E-state index contributed by atoms with van der Waals surface area (Å²) in [4.78, 5) is 0. The van der Waals surface area contributed by atoms with Crippen molar-refractivity contribution in [3.63, 3.8) is 0 Å². The quantitative estimate of drug-likeness (QED) is 0.388. The Kier molecular flexibility index (Phi) is 2.43. The SMILES string of the molecule is CC(C)C(C)(C)[Si]1(C(C)(C)C)OO1. The van der Waals surface area contributed by atoms with Gasteiger partial charge in [-0.1, -0.05) is 48.5 Å². The minimum atomic E-state index is -1.95. The smallest absolute Gasteiger partial charge is 0.255 e. The molecule has 13 heavy (non-hydrogen) atoms. The molecule has 1 saturated heterocycles. The third kappa shape index (κ3) is 1.47. The Morgan fingerprint density at radius 1 is 0.923 bits per heavy atom. The maximum atomic E-state index is 5.43. The molecule has 1 aliphatic rings. The van der Waals surface area contributed by atoms with Crippen LogP contribution in [0.4, 0.5) is 0 Å². The van der Waals surface area contributed by atoms with Crippen LogP contribution in [0.3, 0.4) is 0 Å². The van der Waals surface area contributed by atoms with Gasteiger partial charge in [0.25, 0.3) is 0 Å². The van der Waals surface area contributed by atoms with Crippen molar-refractivity contribution < 1.29 is 9.15 Å². The minimum absolute atomic E-state index is 0.167. The fourth-order valence-corrected chi connectivity index (χ4v) is 5.81. The molecule has 0 N–H and O–H groups in total. The summed E-state index contributed by atoms with van der Waals surface area (Å²) in [5.74, 6) is 0.598. The van der Waals surface area contributed by atoms with E-state index in [4.69, 9.17) is 9.15 Å². The second-order valence-electron chi connectivity index (χ2n) is 5.91. The molecule has 0 bridgehead atoms. The molecule has 3 heteroatoms. The Hall–Kier alpha value is 0.137. The highest BCUT2D eigenvalue weighted by Crippen LogP contribution is 2.62. The van der Waals surface area contributed by atoms with Gasteiger partial charge in [-0.25, -0.2) is 0 Å². The second-order valence-corrected chi connectivity index (χ2v) is 10.3. The average molecular weight is 202 g/mol. The average Bonchev–Trinajstić information content (AvgIpc) is 2.61. The van der Waals surface area contributed by atoms with Gasteiger partial charge in [0.1, 0.15) is 0 Å². The molecule has 0 spiro atoms. The summed E-state index contributed by atoms with van der Waals surface area (Å²) in [6, 6.07) is 0. The van der Waals surface area contributed by atoms with Gasteiger partial charge in [-0.15, -0.1) is 0 Å². The molecule has 1 rings (SSSR count). The molecule has 0 radical (unpaired) electrons. The lowest BCUT2D eigenvalue weighted by Crippen LogP contribution is -2.43. The van der Waals surface area contributed by atoms with Crippen molar-refractivity contribution in [3.05, 3.63) is 0 Å². The molecule has 0 atom stereocenters. The summed E-state index contributed by atoms with van der Waals surface area (Å²) in [5.41, 5.74) is 0. The first-order valence-corrected chi connectivity index (χ1v) is 6.83. The highest BCUT2D eigenvalue weighted by Gasteiger charge is 2.72. The molecule has 0 aromatic heterocycles. The van der Waals surface area contributed by atoms with Crippen LogP contribution < -0.4 is 0 Å². The lowest BCUT2D eigenvalue weighted by molar-refractivity contribution is 0.0850. The van der Waals surface area contributed by atoms with Crippen LogP contribution in [-0.2, 0) is 9.15 Å². The second kappa shape index (κ2) is 2.81. The molecule has 1 aliphatic heterocycles. The van der Waals surface area contributed by atoms with Gasteiger partial charge in [0.05, 0.1) is 0 Å². The van der Waals surface area contributed by atoms with Gasteiger partial charge in [-0.05, 0) is 5.92 Å². The van der Waals surface area contributed by atoms with E-state index in [1.807, 2.05) is 0 Å². The zero-order valence-corrected chi connectivity index (χ0v) is 10.9. The Morgan fingerprint density at radius 3 is 1.38 bits per heavy atom. The minimum Gasteiger partial charge on any atom is -0.255 e. The molecule has 1 fully saturated rings. The number of hydrogen-bond acceptors (Lipinski definition) is 2. The molecular weight excluding hydrogens is 180 g/mol. The summed E-state index contributed by atoms with van der Waals surface area (Å²) < 4.78 is 10.9. The summed E-state index contributed by atoms with van der Waals surface area (Å²) in [7, 11) is -1.95. The molecule has 2 nitrogen and oxygen atoms in total. The third-order valence-corrected chi connectivity index (χ3v) is 8.28. The van der Waals surface area contributed by atoms with Gasteiger partial charge < -0.3 is 0 Å². The monoisotopic (exact) mass is 202 g/mol. The van der Waals surface area contributed by atoms with Crippen molar-refractivity contribution >= 4 is 8.56 Å². The van der Waals surface area contributed by atoms with Crippen molar-refractivity contribution in [1.82, 2.24) is 0 Å². The largest absolute Gasteiger partial charge is 0.417 e. The molecular formula is C10H22O2Si. The first-order chi connectivity index (χ1) is 5.65. The third-order valence-electron chi connectivity index (χ3n) is 3.53. The molecule has 78 valence electrons. The van der Waals surface area contributed by atoms with Crippen LogP contribution in [0, 0.1) is 5.92 Å². The zero-order chi connectivity index (χ0) is 10.5. The van der Waals surface area contributed by atoms with Crippen LogP contribution in [0.2, 0.25) is 10.1 Å². The summed E-state index contributed by atoms with van der Waals surface area (Å²) in [6.45, 7) is 15.7. The molecule has 0 aliphatic carbocycles. The molecule has 0 aromatic rings. The lowest BCUT2D eigenvalue weighted by atomic mass is 9.99. The van der Waals surface area contributed by atoms with Crippen LogP contribution in [0.25, 0.3) is 0 Å². The van der Waals surface area contributed by atoms with E-state index in [9.17, 15) is 0 Å². The molecule has 0 amide bonds. The van der Waals surface area contributed by atoms with E-state index < -0.39 is 8.56 Å². The van der Waals surface area contributed by atoms with Crippen LogP contribution in [0.1, 0.15) is 48.5 Å². The maximum Gasteiger partial charge on any atom is 0.417 e. The Balaban J connectivity index is 2.94.